The molecule has 17 heavy (non-hydrogen) atoms. The average Bonchev–Trinajstić information content (AvgIpc) is 2.26. The van der Waals surface area contributed by atoms with Crippen molar-refractivity contribution < 1.29 is 32.1 Å². The second kappa shape index (κ2) is 3.55. The van der Waals surface area contributed by atoms with Crippen molar-refractivity contribution in [3.8, 4) is 0 Å². The zero-order valence-electron chi connectivity index (χ0n) is 9.31. The maximum atomic E-state index is 13.8. The molecular formula is C10H14F4O3. The van der Waals surface area contributed by atoms with E-state index in [0.717, 1.165) is 0 Å². The third-order valence-corrected chi connectivity index (χ3v) is 3.89. The molecule has 0 atom stereocenters. The molecule has 0 aromatic heterocycles. The van der Waals surface area contributed by atoms with E-state index in [0.29, 0.717) is 0 Å². The Bertz CT molecular complexity index is 305. The number of halogens is 4. The highest BCUT2D eigenvalue weighted by molar-refractivity contribution is 5.20. The van der Waals surface area contributed by atoms with E-state index < -0.39 is 29.8 Å². The van der Waals surface area contributed by atoms with Crippen molar-refractivity contribution in [3.05, 3.63) is 0 Å². The van der Waals surface area contributed by atoms with Crippen LogP contribution >= 0.6 is 0 Å². The van der Waals surface area contributed by atoms with E-state index in [2.05, 4.69) is 4.74 Å². The minimum Gasteiger partial charge on any atom is -0.383 e. The summed E-state index contributed by atoms with van der Waals surface area (Å²) in [6.45, 7) is -0.468. The molecule has 3 nitrogen and oxygen atoms in total. The molecule has 0 radical (unpaired) electrons. The fourth-order valence-corrected chi connectivity index (χ4v) is 2.68. The number of methoxy groups -OCH3 is 1. The molecule has 1 N–H and O–H groups in total. The van der Waals surface area contributed by atoms with Gasteiger partial charge in [-0.15, -0.1) is 0 Å². The van der Waals surface area contributed by atoms with Crippen molar-refractivity contribution in [1.29, 1.82) is 0 Å². The Morgan fingerprint density at radius 3 is 2.00 bits per heavy atom. The maximum absolute atomic E-state index is 13.8. The predicted octanol–water partition coefficient (Wildman–Crippen LogP) is 1.94. The molecule has 0 heterocycles. The van der Waals surface area contributed by atoms with Gasteiger partial charge in [0.05, 0.1) is 0 Å². The molecule has 0 spiro atoms. The number of rotatable bonds is 3. The van der Waals surface area contributed by atoms with Crippen LogP contribution in [-0.2, 0) is 9.47 Å². The van der Waals surface area contributed by atoms with Gasteiger partial charge < -0.3 is 14.6 Å². The van der Waals surface area contributed by atoms with Gasteiger partial charge in [0.15, 0.2) is 0 Å². The largest absolute Gasteiger partial charge is 0.383 e. The number of aliphatic hydroxyl groups is 1. The quantitative estimate of drug-likeness (QED) is 0.621. The second-order valence-corrected chi connectivity index (χ2v) is 4.73. The fourth-order valence-electron chi connectivity index (χ4n) is 2.68. The first-order valence-electron chi connectivity index (χ1n) is 5.33. The zero-order chi connectivity index (χ0) is 12.9. The van der Waals surface area contributed by atoms with Gasteiger partial charge in [0.1, 0.15) is 18.0 Å². The molecule has 0 unspecified atom stereocenters. The third kappa shape index (κ3) is 1.39. The fraction of sp³-hybridized carbons (Fsp3) is 1.00. The van der Waals surface area contributed by atoms with Crippen molar-refractivity contribution >= 4 is 0 Å². The summed E-state index contributed by atoms with van der Waals surface area (Å²) in [5.74, 6) is -8.85. The van der Waals surface area contributed by atoms with E-state index in [4.69, 9.17) is 4.74 Å². The Morgan fingerprint density at radius 1 is 1.00 bits per heavy atom. The van der Waals surface area contributed by atoms with Gasteiger partial charge in [0, 0.05) is 7.11 Å². The van der Waals surface area contributed by atoms with Crippen LogP contribution in [0.4, 0.5) is 17.6 Å². The Balaban J connectivity index is 2.37. The minimum absolute atomic E-state index is 0.296. The van der Waals surface area contributed by atoms with Crippen LogP contribution in [0.3, 0.4) is 0 Å². The smallest absolute Gasteiger partial charge is 0.341 e. The number of hydrogen-bond donors (Lipinski definition) is 1. The van der Waals surface area contributed by atoms with E-state index >= 15 is 0 Å². The van der Waals surface area contributed by atoms with E-state index in [1.165, 1.54) is 7.11 Å². The lowest BCUT2D eigenvalue weighted by Gasteiger charge is -2.58. The molecule has 3 aliphatic carbocycles. The van der Waals surface area contributed by atoms with Crippen molar-refractivity contribution in [1.82, 2.24) is 0 Å². The summed E-state index contributed by atoms with van der Waals surface area (Å²) in [5, 5.41) is 9.60. The van der Waals surface area contributed by atoms with Crippen LogP contribution in [0.2, 0.25) is 0 Å². The molecule has 3 fully saturated rings. The molecule has 100 valence electrons. The van der Waals surface area contributed by atoms with Gasteiger partial charge in [-0.3, -0.25) is 0 Å². The third-order valence-electron chi connectivity index (χ3n) is 3.89. The van der Waals surface area contributed by atoms with Crippen LogP contribution in [0, 0.1) is 0 Å². The Hall–Kier alpha value is -0.400. The first-order chi connectivity index (χ1) is 7.72. The summed E-state index contributed by atoms with van der Waals surface area (Å²) >= 11 is 0. The first-order valence-corrected chi connectivity index (χ1v) is 5.33. The molecule has 0 amide bonds. The van der Waals surface area contributed by atoms with Crippen LogP contribution in [0.25, 0.3) is 0 Å². The molecule has 2 bridgehead atoms. The van der Waals surface area contributed by atoms with Crippen molar-refractivity contribution in [3.63, 3.8) is 0 Å². The van der Waals surface area contributed by atoms with Crippen molar-refractivity contribution in [2.24, 2.45) is 0 Å². The minimum atomic E-state index is -4.47. The van der Waals surface area contributed by atoms with Gasteiger partial charge in [-0.1, -0.05) is 0 Å². The molecule has 3 saturated carbocycles. The SMILES string of the molecule is COCOC12CCC(O)(CC1)C(F)(F)C2(F)F. The van der Waals surface area contributed by atoms with Crippen LogP contribution in [0.5, 0.6) is 0 Å². The van der Waals surface area contributed by atoms with Crippen LogP contribution in [0.1, 0.15) is 25.7 Å². The summed E-state index contributed by atoms with van der Waals surface area (Å²) in [5.41, 5.74) is -4.84. The molecule has 3 rings (SSSR count). The molecule has 0 saturated heterocycles. The lowest BCUT2D eigenvalue weighted by Crippen LogP contribution is -2.76. The topological polar surface area (TPSA) is 38.7 Å². The zero-order valence-corrected chi connectivity index (χ0v) is 9.31. The molecule has 0 aliphatic heterocycles. The number of hydrogen-bond acceptors (Lipinski definition) is 3. The Morgan fingerprint density at radius 2 is 1.53 bits per heavy atom. The van der Waals surface area contributed by atoms with Gasteiger partial charge in [-0.25, -0.2) is 0 Å². The van der Waals surface area contributed by atoms with Gasteiger partial charge in [0.2, 0.25) is 0 Å². The average molecular weight is 258 g/mol. The van der Waals surface area contributed by atoms with Crippen molar-refractivity contribution in [2.75, 3.05) is 13.9 Å². The van der Waals surface area contributed by atoms with E-state index in [9.17, 15) is 22.7 Å². The highest BCUT2D eigenvalue weighted by Gasteiger charge is 2.82. The number of ether oxygens (including phenoxy) is 2. The number of alkyl halides is 4. The van der Waals surface area contributed by atoms with Gasteiger partial charge >= 0.3 is 11.8 Å². The Kier molecular flexibility index (Phi) is 2.72. The summed E-state index contributed by atoms with van der Waals surface area (Å²) < 4.78 is 64.2. The normalized spacial score (nSPS) is 42.7. The molecular weight excluding hydrogens is 244 g/mol. The highest BCUT2D eigenvalue weighted by Crippen LogP contribution is 2.63. The monoisotopic (exact) mass is 258 g/mol. The molecule has 0 aromatic rings. The lowest BCUT2D eigenvalue weighted by atomic mass is 9.60. The number of fused-ring (bicyclic) bond motifs is 3. The van der Waals surface area contributed by atoms with Gasteiger partial charge in [0.25, 0.3) is 0 Å². The van der Waals surface area contributed by atoms with Gasteiger partial charge in [-0.2, -0.15) is 17.6 Å². The van der Waals surface area contributed by atoms with Crippen LogP contribution < -0.4 is 0 Å². The van der Waals surface area contributed by atoms with Crippen molar-refractivity contribution in [2.45, 2.75) is 48.7 Å². The molecule has 7 heteroatoms. The van der Waals surface area contributed by atoms with E-state index in [-0.39, 0.29) is 25.7 Å². The van der Waals surface area contributed by atoms with E-state index in [1.54, 1.807) is 0 Å². The van der Waals surface area contributed by atoms with E-state index in [1.807, 2.05) is 0 Å². The van der Waals surface area contributed by atoms with Crippen LogP contribution in [0.15, 0.2) is 0 Å². The van der Waals surface area contributed by atoms with Gasteiger partial charge in [-0.05, 0) is 25.7 Å². The predicted molar refractivity (Wildman–Crippen MR) is 49.0 cm³/mol. The lowest BCUT2D eigenvalue weighted by molar-refractivity contribution is -0.408. The summed E-state index contributed by atoms with van der Waals surface area (Å²) in [6, 6.07) is 0. The maximum Gasteiger partial charge on any atom is 0.341 e. The van der Waals surface area contributed by atoms with Crippen LogP contribution in [-0.4, -0.2) is 42.1 Å². The standard InChI is InChI=1S/C10H14F4O3/c1-16-6-17-8-4-2-7(15,3-5-8)9(11,12)10(8,13)14/h15H,2-6H2,1H3. The molecule has 3 aliphatic rings. The summed E-state index contributed by atoms with van der Waals surface area (Å²) in [6.07, 6.45) is -1.37. The summed E-state index contributed by atoms with van der Waals surface area (Å²) in [7, 11) is 1.23. The summed E-state index contributed by atoms with van der Waals surface area (Å²) in [4.78, 5) is 0. The highest BCUT2D eigenvalue weighted by atomic mass is 19.3. The first kappa shape index (κ1) is 13.0. The Labute approximate surface area is 95.7 Å². The molecule has 0 aromatic carbocycles. The second-order valence-electron chi connectivity index (χ2n) is 4.73.